The van der Waals surface area contributed by atoms with Crippen LogP contribution < -0.4 is 11.2 Å². The number of rotatable bonds is 2. The quantitative estimate of drug-likeness (QED) is 0.573. The molecule has 0 radical (unpaired) electrons. The Morgan fingerprint density at radius 2 is 2.18 bits per heavy atom. The zero-order valence-electron chi connectivity index (χ0n) is 7.22. The molecule has 0 aliphatic carbocycles. The Morgan fingerprint density at radius 1 is 1.45 bits per heavy atom. The summed E-state index contributed by atoms with van der Waals surface area (Å²) in [5, 5.41) is 0. The van der Waals surface area contributed by atoms with Gasteiger partial charge >= 0.3 is 0 Å². The summed E-state index contributed by atoms with van der Waals surface area (Å²) in [4.78, 5) is 0. The third-order valence-corrected chi connectivity index (χ3v) is 2.13. The van der Waals surface area contributed by atoms with Gasteiger partial charge in [-0.1, -0.05) is 34.8 Å². The molecular weight excluding hydrogens is 133 g/mol. The highest BCUT2D eigenvalue weighted by Crippen LogP contribution is 1.99. The van der Waals surface area contributed by atoms with Crippen LogP contribution in [0.25, 0.3) is 0 Å². The summed E-state index contributed by atoms with van der Waals surface area (Å²) in [7, 11) is 2.15. The van der Waals surface area contributed by atoms with E-state index in [2.05, 4.69) is 33.0 Å². The fraction of sp³-hybridized carbons (Fsp3) is 0.333. The predicted octanol–water partition coefficient (Wildman–Crippen LogP) is -0.245. The molecule has 0 saturated carbocycles. The maximum atomic E-state index is 5.48. The minimum Gasteiger partial charge on any atom is -0.330 e. The van der Waals surface area contributed by atoms with Crippen LogP contribution in [0.3, 0.4) is 0 Å². The second-order valence-electron chi connectivity index (χ2n) is 2.90. The molecule has 0 amide bonds. The van der Waals surface area contributed by atoms with E-state index in [1.807, 2.05) is 0 Å². The van der Waals surface area contributed by atoms with Crippen LogP contribution in [0.1, 0.15) is 11.1 Å². The fourth-order valence-electron chi connectivity index (χ4n) is 1.24. The molecule has 1 nitrogen and oxygen atoms in total. The molecule has 0 spiro atoms. The average Bonchev–Trinajstić information content (AvgIpc) is 1.99. The summed E-state index contributed by atoms with van der Waals surface area (Å²) >= 11 is 0. The van der Waals surface area contributed by atoms with Crippen LogP contribution in [0.15, 0.2) is 18.2 Å². The van der Waals surface area contributed by atoms with Gasteiger partial charge in [0.15, 0.2) is 0 Å². The standard InChI is InChI=1S/C9H14BN/c1-7-3-2-4-8(5-6-11)9(7)10/h2-4H,5-6,10-11H2,1H3. The van der Waals surface area contributed by atoms with Crippen molar-refractivity contribution in [3.8, 4) is 0 Å². The smallest absolute Gasteiger partial charge is 0.139 e. The topological polar surface area (TPSA) is 26.0 Å². The molecule has 2 heteroatoms. The lowest BCUT2D eigenvalue weighted by molar-refractivity contribution is 0.973. The molecule has 0 aliphatic heterocycles. The van der Waals surface area contributed by atoms with E-state index in [-0.39, 0.29) is 0 Å². The Balaban J connectivity index is 2.96. The van der Waals surface area contributed by atoms with E-state index < -0.39 is 0 Å². The second kappa shape index (κ2) is 3.58. The van der Waals surface area contributed by atoms with Crippen LogP contribution in [-0.4, -0.2) is 14.4 Å². The van der Waals surface area contributed by atoms with Gasteiger partial charge in [-0.25, -0.2) is 0 Å². The average molecular weight is 147 g/mol. The van der Waals surface area contributed by atoms with Crippen LogP contribution in [0.2, 0.25) is 0 Å². The van der Waals surface area contributed by atoms with Gasteiger partial charge in [-0.15, -0.1) is 0 Å². The van der Waals surface area contributed by atoms with E-state index in [4.69, 9.17) is 5.73 Å². The highest BCUT2D eigenvalue weighted by Gasteiger charge is 1.97. The Morgan fingerprint density at radius 3 is 2.82 bits per heavy atom. The van der Waals surface area contributed by atoms with Crippen LogP contribution in [0, 0.1) is 6.92 Å². The van der Waals surface area contributed by atoms with Gasteiger partial charge in [0.1, 0.15) is 7.85 Å². The van der Waals surface area contributed by atoms with Crippen molar-refractivity contribution in [1.29, 1.82) is 0 Å². The first-order chi connectivity index (χ1) is 5.25. The molecule has 0 aliphatic rings. The molecule has 58 valence electrons. The molecule has 0 saturated heterocycles. The molecule has 1 aromatic carbocycles. The number of hydrogen-bond donors (Lipinski definition) is 1. The Kier molecular flexibility index (Phi) is 2.72. The number of nitrogens with two attached hydrogens (primary N) is 1. The third-order valence-electron chi connectivity index (χ3n) is 2.13. The maximum absolute atomic E-state index is 5.48. The van der Waals surface area contributed by atoms with Gasteiger partial charge in [-0.3, -0.25) is 0 Å². The van der Waals surface area contributed by atoms with Crippen LogP contribution in [0.4, 0.5) is 0 Å². The molecule has 0 bridgehead atoms. The zero-order chi connectivity index (χ0) is 8.27. The zero-order valence-corrected chi connectivity index (χ0v) is 7.22. The van der Waals surface area contributed by atoms with Gasteiger partial charge in [-0.05, 0) is 19.9 Å². The number of hydrogen-bond acceptors (Lipinski definition) is 1. The molecule has 0 aromatic heterocycles. The predicted molar refractivity (Wildman–Crippen MR) is 52.1 cm³/mol. The van der Waals surface area contributed by atoms with Crippen LogP contribution in [-0.2, 0) is 6.42 Å². The van der Waals surface area contributed by atoms with Crippen molar-refractivity contribution in [1.82, 2.24) is 0 Å². The summed E-state index contributed by atoms with van der Waals surface area (Å²) in [5.41, 5.74) is 9.61. The maximum Gasteiger partial charge on any atom is 0.139 e. The monoisotopic (exact) mass is 147 g/mol. The molecule has 0 unspecified atom stereocenters. The summed E-state index contributed by atoms with van der Waals surface area (Å²) < 4.78 is 0. The van der Waals surface area contributed by atoms with Crippen molar-refractivity contribution in [2.45, 2.75) is 13.3 Å². The molecule has 1 rings (SSSR count). The molecule has 2 N–H and O–H groups in total. The SMILES string of the molecule is Bc1c(C)cccc1CCN. The largest absolute Gasteiger partial charge is 0.330 e. The van der Waals surface area contributed by atoms with E-state index in [1.165, 1.54) is 16.6 Å². The lowest BCUT2D eigenvalue weighted by Gasteiger charge is -2.06. The Bertz CT molecular complexity index is 245. The molecule has 11 heavy (non-hydrogen) atoms. The molecule has 0 heterocycles. The van der Waals surface area contributed by atoms with Crippen LogP contribution >= 0.6 is 0 Å². The van der Waals surface area contributed by atoms with Gasteiger partial charge in [0.25, 0.3) is 0 Å². The number of benzene rings is 1. The van der Waals surface area contributed by atoms with Gasteiger partial charge in [0, 0.05) is 0 Å². The summed E-state index contributed by atoms with van der Waals surface area (Å²) in [6.07, 6.45) is 0.994. The first-order valence-corrected chi connectivity index (χ1v) is 4.01. The van der Waals surface area contributed by atoms with E-state index in [0.29, 0.717) is 0 Å². The van der Waals surface area contributed by atoms with Crippen molar-refractivity contribution >= 4 is 13.3 Å². The van der Waals surface area contributed by atoms with Crippen molar-refractivity contribution in [2.24, 2.45) is 5.73 Å². The fourth-order valence-corrected chi connectivity index (χ4v) is 1.24. The lowest BCUT2D eigenvalue weighted by Crippen LogP contribution is -2.17. The lowest BCUT2D eigenvalue weighted by atomic mass is 9.85. The normalized spacial score (nSPS) is 10.0. The summed E-state index contributed by atoms with van der Waals surface area (Å²) in [6.45, 7) is 2.87. The number of aryl methyl sites for hydroxylation is 1. The second-order valence-corrected chi connectivity index (χ2v) is 2.90. The van der Waals surface area contributed by atoms with Crippen molar-refractivity contribution < 1.29 is 0 Å². The highest BCUT2D eigenvalue weighted by molar-refractivity contribution is 6.34. The van der Waals surface area contributed by atoms with Gasteiger partial charge < -0.3 is 5.73 Å². The van der Waals surface area contributed by atoms with E-state index in [1.54, 1.807) is 0 Å². The molecule has 1 aromatic rings. The van der Waals surface area contributed by atoms with Gasteiger partial charge in [0.05, 0.1) is 0 Å². The van der Waals surface area contributed by atoms with E-state index >= 15 is 0 Å². The van der Waals surface area contributed by atoms with Crippen molar-refractivity contribution in [2.75, 3.05) is 6.54 Å². The highest BCUT2D eigenvalue weighted by atomic mass is 14.5. The molecule has 0 atom stereocenters. The summed E-state index contributed by atoms with van der Waals surface area (Å²) in [5.74, 6) is 0. The van der Waals surface area contributed by atoms with Crippen molar-refractivity contribution in [3.63, 3.8) is 0 Å². The summed E-state index contributed by atoms with van der Waals surface area (Å²) in [6, 6.07) is 6.37. The van der Waals surface area contributed by atoms with Gasteiger partial charge in [0.2, 0.25) is 0 Å². The first kappa shape index (κ1) is 8.34. The molecular formula is C9H14BN. The van der Waals surface area contributed by atoms with Gasteiger partial charge in [-0.2, -0.15) is 0 Å². The Hall–Kier alpha value is -0.755. The third kappa shape index (κ3) is 1.84. The minimum absolute atomic E-state index is 0.740. The van der Waals surface area contributed by atoms with E-state index in [0.717, 1.165) is 13.0 Å². The minimum atomic E-state index is 0.740. The first-order valence-electron chi connectivity index (χ1n) is 4.01. The Labute approximate surface area is 69.0 Å². The van der Waals surface area contributed by atoms with Crippen molar-refractivity contribution in [3.05, 3.63) is 29.3 Å². The molecule has 0 fully saturated rings. The van der Waals surface area contributed by atoms with Crippen LogP contribution in [0.5, 0.6) is 0 Å². The van der Waals surface area contributed by atoms with E-state index in [9.17, 15) is 0 Å².